The maximum Gasteiger partial charge on any atom is 0.305 e. The highest BCUT2D eigenvalue weighted by molar-refractivity contribution is 5.69. The number of methoxy groups -OCH3 is 1. The van der Waals surface area contributed by atoms with Gasteiger partial charge in [0.15, 0.2) is 0 Å². The Bertz CT molecular complexity index is 320. The van der Waals surface area contributed by atoms with Crippen LogP contribution in [0.4, 0.5) is 0 Å². The van der Waals surface area contributed by atoms with Gasteiger partial charge >= 0.3 is 5.97 Å². The molecule has 1 aliphatic carbocycles. The number of nitrogens with two attached hydrogens (primary N) is 1. The number of hydrogen-bond acceptors (Lipinski definition) is 2. The van der Waals surface area contributed by atoms with Gasteiger partial charge in [0.05, 0.1) is 40.3 Å². The van der Waals surface area contributed by atoms with Crippen LogP contribution in [0.1, 0.15) is 64.7 Å². The predicted molar refractivity (Wildman–Crippen MR) is 94.5 cm³/mol. The van der Waals surface area contributed by atoms with Gasteiger partial charge in [0, 0.05) is 18.8 Å². The van der Waals surface area contributed by atoms with Crippen molar-refractivity contribution in [3.05, 3.63) is 0 Å². The molecule has 4 heteroatoms. The van der Waals surface area contributed by atoms with Gasteiger partial charge in [0.2, 0.25) is 0 Å². The van der Waals surface area contributed by atoms with Crippen LogP contribution >= 0.6 is 0 Å². The Morgan fingerprint density at radius 2 is 1.96 bits per heavy atom. The van der Waals surface area contributed by atoms with E-state index in [9.17, 15) is 4.79 Å². The van der Waals surface area contributed by atoms with Gasteiger partial charge in [-0.25, -0.2) is 0 Å². The van der Waals surface area contributed by atoms with Crippen molar-refractivity contribution in [3.63, 3.8) is 0 Å². The molecule has 1 saturated carbocycles. The topological polar surface area (TPSA) is 47.3 Å². The summed E-state index contributed by atoms with van der Waals surface area (Å²) in [7, 11) is 5.96. The summed E-state index contributed by atoms with van der Waals surface area (Å²) in [6.45, 7) is 4.74. The van der Waals surface area contributed by atoms with E-state index in [1.54, 1.807) is 0 Å². The van der Waals surface area contributed by atoms with Crippen LogP contribution in [-0.4, -0.2) is 46.3 Å². The Balaban J connectivity index is 2.44. The van der Waals surface area contributed by atoms with E-state index in [2.05, 4.69) is 26.3 Å². The first-order valence-electron chi connectivity index (χ1n) is 9.77. The van der Waals surface area contributed by atoms with Crippen LogP contribution in [0.2, 0.25) is 0 Å². The van der Waals surface area contributed by atoms with Gasteiger partial charge in [-0.1, -0.05) is 32.6 Å². The monoisotopic (exact) mass is 328 g/mol. The second kappa shape index (κ2) is 11.9. The smallest absolute Gasteiger partial charge is 0.305 e. The molecule has 0 aromatic carbocycles. The number of unbranched alkanes of at least 4 members (excludes halogenated alkanes) is 3. The molecule has 23 heavy (non-hydrogen) atoms. The van der Waals surface area contributed by atoms with Crippen LogP contribution in [0, 0.1) is 11.8 Å². The molecule has 1 rings (SSSR count). The summed E-state index contributed by atoms with van der Waals surface area (Å²) in [4.78, 5) is 13.2. The molecule has 3 N–H and O–H groups in total. The van der Waals surface area contributed by atoms with E-state index < -0.39 is 0 Å². The van der Waals surface area contributed by atoms with Crippen LogP contribution in [0.15, 0.2) is 0 Å². The molecule has 0 spiro atoms. The van der Waals surface area contributed by atoms with Crippen LogP contribution < -0.4 is 10.2 Å². The molecule has 0 unspecified atom stereocenters. The summed E-state index contributed by atoms with van der Waals surface area (Å²) >= 11 is 0. The molecule has 0 radical (unpaired) electrons. The molecule has 0 aromatic heterocycles. The number of esters is 1. The Kier molecular flexibility index (Phi) is 10.5. The van der Waals surface area contributed by atoms with E-state index >= 15 is 0 Å². The SMILES string of the molecule is CCCCCC[C@H]1[C@@H](CC(=O)OC)CC[C@@H]1[NH2+]CCC[NH+](C)C. The van der Waals surface area contributed by atoms with Crippen molar-refractivity contribution in [2.75, 3.05) is 34.3 Å². The van der Waals surface area contributed by atoms with E-state index in [4.69, 9.17) is 4.74 Å². The molecular formula is C19H40N2O2+2. The fraction of sp³-hybridized carbons (Fsp3) is 0.947. The summed E-state index contributed by atoms with van der Waals surface area (Å²) in [6, 6.07) is 0.725. The minimum absolute atomic E-state index is 0.0228. The summed E-state index contributed by atoms with van der Waals surface area (Å²) < 4.78 is 4.91. The Morgan fingerprint density at radius 3 is 2.61 bits per heavy atom. The van der Waals surface area contributed by atoms with E-state index in [0.717, 1.165) is 6.04 Å². The third-order valence-corrected chi connectivity index (χ3v) is 5.42. The number of carbonyl (C=O) groups is 1. The van der Waals surface area contributed by atoms with Gasteiger partial charge in [-0.05, 0) is 25.2 Å². The molecule has 1 fully saturated rings. The Morgan fingerprint density at radius 1 is 1.17 bits per heavy atom. The first kappa shape index (κ1) is 20.4. The molecule has 0 saturated heterocycles. The van der Waals surface area contributed by atoms with Crippen LogP contribution in [0.25, 0.3) is 0 Å². The third kappa shape index (κ3) is 8.16. The zero-order chi connectivity index (χ0) is 17.1. The fourth-order valence-electron chi connectivity index (χ4n) is 4.07. The minimum Gasteiger partial charge on any atom is -0.469 e. The minimum atomic E-state index is -0.0228. The molecule has 136 valence electrons. The molecule has 1 aliphatic rings. The highest BCUT2D eigenvalue weighted by atomic mass is 16.5. The van der Waals surface area contributed by atoms with Gasteiger partial charge in [-0.3, -0.25) is 4.79 Å². The first-order valence-corrected chi connectivity index (χ1v) is 9.77. The van der Waals surface area contributed by atoms with Crippen molar-refractivity contribution >= 4 is 5.97 Å². The van der Waals surface area contributed by atoms with Crippen molar-refractivity contribution in [2.45, 2.75) is 70.8 Å². The van der Waals surface area contributed by atoms with E-state index in [-0.39, 0.29) is 5.97 Å². The molecule has 4 nitrogen and oxygen atoms in total. The Labute approximate surface area is 143 Å². The third-order valence-electron chi connectivity index (χ3n) is 5.42. The zero-order valence-corrected chi connectivity index (χ0v) is 15.9. The fourth-order valence-corrected chi connectivity index (χ4v) is 4.07. The Hall–Kier alpha value is -0.610. The normalized spacial score (nSPS) is 24.3. The highest BCUT2D eigenvalue weighted by Gasteiger charge is 2.38. The van der Waals surface area contributed by atoms with Crippen LogP contribution in [-0.2, 0) is 9.53 Å². The van der Waals surface area contributed by atoms with Crippen molar-refractivity contribution in [2.24, 2.45) is 11.8 Å². The lowest BCUT2D eigenvalue weighted by atomic mass is 9.86. The van der Waals surface area contributed by atoms with Gasteiger partial charge in [0.1, 0.15) is 0 Å². The molecular weight excluding hydrogens is 288 g/mol. The lowest BCUT2D eigenvalue weighted by molar-refractivity contribution is -0.860. The van der Waals surface area contributed by atoms with E-state index in [0.29, 0.717) is 18.3 Å². The van der Waals surface area contributed by atoms with Crippen LogP contribution in [0.3, 0.4) is 0 Å². The predicted octanol–water partition coefficient (Wildman–Crippen LogP) is 1.01. The summed E-state index contributed by atoms with van der Waals surface area (Å²) in [5.74, 6) is 1.23. The number of hydrogen-bond donors (Lipinski definition) is 2. The number of carbonyl (C=O) groups excluding carboxylic acids is 1. The largest absolute Gasteiger partial charge is 0.469 e. The van der Waals surface area contributed by atoms with Crippen molar-refractivity contribution < 1.29 is 19.7 Å². The lowest BCUT2D eigenvalue weighted by Crippen LogP contribution is -3.06. The highest BCUT2D eigenvalue weighted by Crippen LogP contribution is 2.36. The van der Waals surface area contributed by atoms with Crippen LogP contribution in [0.5, 0.6) is 0 Å². The molecule has 0 bridgehead atoms. The molecule has 0 aromatic rings. The number of nitrogens with one attached hydrogen (secondary N) is 1. The maximum atomic E-state index is 11.7. The van der Waals surface area contributed by atoms with E-state index in [1.165, 1.54) is 76.5 Å². The zero-order valence-electron chi connectivity index (χ0n) is 15.9. The van der Waals surface area contributed by atoms with Crippen molar-refractivity contribution in [3.8, 4) is 0 Å². The lowest BCUT2D eigenvalue weighted by Gasteiger charge is -2.23. The average Bonchev–Trinajstić information content (AvgIpc) is 2.89. The molecule has 3 atom stereocenters. The second-order valence-electron chi connectivity index (χ2n) is 7.63. The van der Waals surface area contributed by atoms with Gasteiger partial charge in [-0.15, -0.1) is 0 Å². The summed E-state index contributed by atoms with van der Waals surface area (Å²) in [5.41, 5.74) is 0. The summed E-state index contributed by atoms with van der Waals surface area (Å²) in [6.07, 6.45) is 11.0. The number of quaternary nitrogens is 2. The maximum absolute atomic E-state index is 11.7. The standard InChI is InChI=1S/C19H38N2O2/c1-5-6-7-8-10-17-16(15-19(22)23-4)11-12-18(17)20-13-9-14-21(2)3/h16-18,20H,5-15H2,1-4H3/p+2/t16-,17+,18+/m1/s1. The molecule has 0 aliphatic heterocycles. The van der Waals surface area contributed by atoms with Gasteiger partial charge in [0.25, 0.3) is 0 Å². The van der Waals surface area contributed by atoms with Gasteiger partial charge < -0.3 is 15.0 Å². The van der Waals surface area contributed by atoms with Crippen molar-refractivity contribution in [1.82, 2.24) is 0 Å². The number of ether oxygens (including phenoxy) is 1. The van der Waals surface area contributed by atoms with Crippen molar-refractivity contribution in [1.29, 1.82) is 0 Å². The molecule has 0 heterocycles. The first-order chi connectivity index (χ1) is 11.1. The average molecular weight is 329 g/mol. The van der Waals surface area contributed by atoms with E-state index in [1.807, 2.05) is 0 Å². The molecule has 0 amide bonds. The second-order valence-corrected chi connectivity index (χ2v) is 7.63. The summed E-state index contributed by atoms with van der Waals surface area (Å²) in [5, 5.41) is 2.57. The van der Waals surface area contributed by atoms with Gasteiger partial charge in [-0.2, -0.15) is 0 Å². The number of rotatable bonds is 12. The quantitative estimate of drug-likeness (QED) is 0.415.